The van der Waals surface area contributed by atoms with Crippen LogP contribution in [0.3, 0.4) is 0 Å². The average Bonchev–Trinajstić information content (AvgIpc) is 3.07. The Bertz CT molecular complexity index is 464. The molecule has 0 saturated carbocycles. The third-order valence-corrected chi connectivity index (χ3v) is 5.20. The van der Waals surface area contributed by atoms with Crippen molar-refractivity contribution in [1.29, 1.82) is 0 Å². The fourth-order valence-electron chi connectivity index (χ4n) is 1.76. The monoisotopic (exact) mass is 314 g/mol. The van der Waals surface area contributed by atoms with Crippen molar-refractivity contribution in [3.8, 4) is 10.6 Å². The molecule has 2 aromatic heterocycles. The summed E-state index contributed by atoms with van der Waals surface area (Å²) in [6, 6.07) is 2.47. The minimum absolute atomic E-state index is 0.237. The minimum atomic E-state index is 0.237. The molecule has 1 atom stereocenters. The lowest BCUT2D eigenvalue weighted by Gasteiger charge is -2.15. The molecule has 2 heterocycles. The van der Waals surface area contributed by atoms with Crippen LogP contribution < -0.4 is 5.32 Å². The molecule has 6 heteroatoms. The summed E-state index contributed by atoms with van der Waals surface area (Å²) in [4.78, 5) is 5.70. The molecule has 1 unspecified atom stereocenters. The highest BCUT2D eigenvalue weighted by molar-refractivity contribution is 7.98. The number of thiazole rings is 1. The molecular weight excluding hydrogens is 296 g/mol. The van der Waals surface area contributed by atoms with Crippen molar-refractivity contribution in [3.05, 3.63) is 27.9 Å². The molecule has 0 aliphatic rings. The van der Waals surface area contributed by atoms with Crippen LogP contribution in [0.1, 0.15) is 11.3 Å². The van der Waals surface area contributed by atoms with Crippen molar-refractivity contribution < 1.29 is 5.11 Å². The molecule has 2 N–H and O–H groups in total. The molecule has 0 aromatic carbocycles. The molecule has 104 valence electrons. The summed E-state index contributed by atoms with van der Waals surface area (Å²) in [5.74, 6) is 1.02. The van der Waals surface area contributed by atoms with Crippen LogP contribution in [-0.2, 0) is 6.54 Å². The second-order valence-electron chi connectivity index (χ2n) is 4.19. The maximum atomic E-state index is 9.03. The highest BCUT2D eigenvalue weighted by atomic mass is 32.2. The lowest BCUT2D eigenvalue weighted by molar-refractivity contribution is 0.270. The van der Waals surface area contributed by atoms with E-state index in [4.69, 9.17) is 5.11 Å². The van der Waals surface area contributed by atoms with Crippen molar-refractivity contribution in [2.75, 3.05) is 18.6 Å². The topological polar surface area (TPSA) is 45.1 Å². The Morgan fingerprint density at radius 3 is 3.11 bits per heavy atom. The van der Waals surface area contributed by atoms with E-state index in [1.165, 1.54) is 10.4 Å². The van der Waals surface area contributed by atoms with Crippen LogP contribution in [-0.4, -0.2) is 34.7 Å². The van der Waals surface area contributed by atoms with Gasteiger partial charge in [0.05, 0.1) is 0 Å². The van der Waals surface area contributed by atoms with Crippen LogP contribution in [0.25, 0.3) is 10.6 Å². The maximum absolute atomic E-state index is 9.03. The van der Waals surface area contributed by atoms with E-state index in [0.29, 0.717) is 6.04 Å². The largest absolute Gasteiger partial charge is 0.396 e. The number of nitrogens with zero attached hydrogens (tertiary/aromatic N) is 1. The summed E-state index contributed by atoms with van der Waals surface area (Å²) in [7, 11) is 0. The molecule has 2 aromatic rings. The number of thioether (sulfide) groups is 1. The smallest absolute Gasteiger partial charge is 0.124 e. The fourth-order valence-corrected chi connectivity index (χ4v) is 4.02. The first-order valence-corrected chi connectivity index (χ1v) is 9.29. The Morgan fingerprint density at radius 2 is 2.42 bits per heavy atom. The van der Waals surface area contributed by atoms with E-state index in [1.54, 1.807) is 34.4 Å². The number of aromatic nitrogens is 1. The van der Waals surface area contributed by atoms with E-state index < -0.39 is 0 Å². The molecule has 0 aliphatic heterocycles. The summed E-state index contributed by atoms with van der Waals surface area (Å²) in [5, 5.41) is 17.8. The standard InChI is InChI=1S/C13H18N2OS3/c1-17-9-11(2-4-16)14-6-12-7-15-13(19-12)10-3-5-18-8-10/h3,5,7-8,11,14,16H,2,4,6,9H2,1H3. The Balaban J connectivity index is 1.89. The van der Waals surface area contributed by atoms with Crippen LogP contribution in [0.5, 0.6) is 0 Å². The zero-order valence-corrected chi connectivity index (χ0v) is 13.3. The Morgan fingerprint density at radius 1 is 1.53 bits per heavy atom. The highest BCUT2D eigenvalue weighted by Gasteiger charge is 2.09. The van der Waals surface area contributed by atoms with E-state index in [-0.39, 0.29) is 6.61 Å². The number of rotatable bonds is 8. The Kier molecular flexibility index (Phi) is 6.33. The van der Waals surface area contributed by atoms with Gasteiger partial charge in [0.25, 0.3) is 0 Å². The Labute approximate surface area is 126 Å². The quantitative estimate of drug-likeness (QED) is 0.786. The fraction of sp³-hybridized carbons (Fsp3) is 0.462. The summed E-state index contributed by atoms with van der Waals surface area (Å²) in [5.41, 5.74) is 1.21. The molecule has 0 fully saturated rings. The van der Waals surface area contributed by atoms with Crippen LogP contribution in [0.15, 0.2) is 23.0 Å². The molecule has 19 heavy (non-hydrogen) atoms. The summed E-state index contributed by atoms with van der Waals surface area (Å²) < 4.78 is 0. The first-order valence-electron chi connectivity index (χ1n) is 6.14. The van der Waals surface area contributed by atoms with Crippen LogP contribution in [0.4, 0.5) is 0 Å². The van der Waals surface area contributed by atoms with Crippen molar-refractivity contribution in [2.45, 2.75) is 19.0 Å². The van der Waals surface area contributed by atoms with Crippen molar-refractivity contribution in [3.63, 3.8) is 0 Å². The zero-order chi connectivity index (χ0) is 13.5. The summed E-state index contributed by atoms with van der Waals surface area (Å²) in [6.07, 6.45) is 4.84. The molecule has 0 saturated heterocycles. The molecular formula is C13H18N2OS3. The van der Waals surface area contributed by atoms with Crippen LogP contribution >= 0.6 is 34.4 Å². The van der Waals surface area contributed by atoms with Gasteiger partial charge in [0.2, 0.25) is 0 Å². The maximum Gasteiger partial charge on any atom is 0.124 e. The number of aliphatic hydroxyl groups excluding tert-OH is 1. The van der Waals surface area contributed by atoms with Crippen molar-refractivity contribution in [1.82, 2.24) is 10.3 Å². The van der Waals surface area contributed by atoms with Gasteiger partial charge in [0, 0.05) is 47.0 Å². The number of hydrogen-bond acceptors (Lipinski definition) is 6. The van der Waals surface area contributed by atoms with Gasteiger partial charge < -0.3 is 10.4 Å². The second-order valence-corrected chi connectivity index (χ2v) is 7.00. The molecule has 2 rings (SSSR count). The lowest BCUT2D eigenvalue weighted by atomic mass is 10.2. The van der Waals surface area contributed by atoms with E-state index in [1.807, 2.05) is 6.20 Å². The molecule has 3 nitrogen and oxygen atoms in total. The van der Waals surface area contributed by atoms with Gasteiger partial charge in [-0.2, -0.15) is 23.1 Å². The summed E-state index contributed by atoms with van der Waals surface area (Å²) >= 11 is 5.23. The van der Waals surface area contributed by atoms with Crippen molar-refractivity contribution in [2.24, 2.45) is 0 Å². The van der Waals surface area contributed by atoms with Gasteiger partial charge in [-0.3, -0.25) is 0 Å². The van der Waals surface area contributed by atoms with E-state index in [0.717, 1.165) is 23.7 Å². The van der Waals surface area contributed by atoms with Gasteiger partial charge in [-0.1, -0.05) is 0 Å². The first-order chi connectivity index (χ1) is 9.33. The van der Waals surface area contributed by atoms with E-state index >= 15 is 0 Å². The zero-order valence-electron chi connectivity index (χ0n) is 10.8. The van der Waals surface area contributed by atoms with Gasteiger partial charge in [-0.25, -0.2) is 4.98 Å². The number of thiophene rings is 1. The summed E-state index contributed by atoms with van der Waals surface area (Å²) in [6.45, 7) is 1.06. The molecule has 0 bridgehead atoms. The Hall–Kier alpha value is -0.400. The predicted molar refractivity (Wildman–Crippen MR) is 86.1 cm³/mol. The highest BCUT2D eigenvalue weighted by Crippen LogP contribution is 2.26. The molecule has 0 spiro atoms. The predicted octanol–water partition coefficient (Wildman–Crippen LogP) is 3.08. The third-order valence-electron chi connectivity index (χ3n) is 2.73. The van der Waals surface area contributed by atoms with Crippen LogP contribution in [0, 0.1) is 0 Å². The number of aliphatic hydroxyl groups is 1. The van der Waals surface area contributed by atoms with Crippen LogP contribution in [0.2, 0.25) is 0 Å². The van der Waals surface area contributed by atoms with Gasteiger partial charge in [-0.05, 0) is 24.1 Å². The minimum Gasteiger partial charge on any atom is -0.396 e. The normalized spacial score (nSPS) is 12.7. The number of hydrogen-bond donors (Lipinski definition) is 2. The van der Waals surface area contributed by atoms with Gasteiger partial charge in [0.1, 0.15) is 5.01 Å². The van der Waals surface area contributed by atoms with E-state index in [9.17, 15) is 0 Å². The third kappa shape index (κ3) is 4.57. The number of nitrogens with one attached hydrogen (secondary N) is 1. The average molecular weight is 315 g/mol. The SMILES string of the molecule is CSCC(CCO)NCc1cnc(-c2ccsc2)s1. The van der Waals surface area contributed by atoms with Gasteiger partial charge in [0.15, 0.2) is 0 Å². The molecule has 0 aliphatic carbocycles. The van der Waals surface area contributed by atoms with Gasteiger partial charge in [-0.15, -0.1) is 11.3 Å². The molecule has 0 radical (unpaired) electrons. The second kappa shape index (κ2) is 8.01. The van der Waals surface area contributed by atoms with E-state index in [2.05, 4.69) is 33.4 Å². The lowest BCUT2D eigenvalue weighted by Crippen LogP contribution is -2.31. The van der Waals surface area contributed by atoms with Gasteiger partial charge >= 0.3 is 0 Å². The van der Waals surface area contributed by atoms with Crippen molar-refractivity contribution >= 4 is 34.4 Å². The first kappa shape index (κ1) is 15.0. The molecule has 0 amide bonds.